The van der Waals surface area contributed by atoms with E-state index in [-0.39, 0.29) is 12.6 Å². The fraction of sp³-hybridized carbons (Fsp3) is 0.818. The first kappa shape index (κ1) is 13.1. The Balaban J connectivity index is 1.98. The summed E-state index contributed by atoms with van der Waals surface area (Å²) in [5.41, 5.74) is -1.29. The van der Waals surface area contributed by atoms with Gasteiger partial charge in [-0.25, -0.2) is 9.59 Å². The topological polar surface area (TPSA) is 88.1 Å². The number of amides is 2. The molecular formula is C11H18N2O5. The van der Waals surface area contributed by atoms with Crippen molar-refractivity contribution >= 4 is 12.0 Å². The van der Waals surface area contributed by atoms with E-state index < -0.39 is 17.5 Å². The van der Waals surface area contributed by atoms with E-state index >= 15 is 0 Å². The maximum absolute atomic E-state index is 12.0. The molecule has 7 heteroatoms. The fourth-order valence-electron chi connectivity index (χ4n) is 2.17. The van der Waals surface area contributed by atoms with Crippen molar-refractivity contribution in [2.24, 2.45) is 0 Å². The SMILES string of the molecule is CN(C(=O)NC1(C(=O)O)CCOC1)C1CCOC1. The minimum atomic E-state index is -1.29. The highest BCUT2D eigenvalue weighted by molar-refractivity contribution is 5.86. The number of carbonyl (C=O) groups is 2. The summed E-state index contributed by atoms with van der Waals surface area (Å²) in [7, 11) is 1.65. The molecule has 2 heterocycles. The maximum Gasteiger partial charge on any atom is 0.332 e. The molecule has 2 saturated heterocycles. The number of nitrogens with one attached hydrogen (secondary N) is 1. The summed E-state index contributed by atoms with van der Waals surface area (Å²) in [4.78, 5) is 24.8. The summed E-state index contributed by atoms with van der Waals surface area (Å²) in [6, 6.07) is -0.378. The Hall–Kier alpha value is -1.34. The number of carbonyl (C=O) groups excluding carboxylic acids is 1. The van der Waals surface area contributed by atoms with Gasteiger partial charge in [-0.2, -0.15) is 0 Å². The van der Waals surface area contributed by atoms with E-state index in [0.717, 1.165) is 6.42 Å². The number of carboxylic acids is 1. The van der Waals surface area contributed by atoms with Gasteiger partial charge in [-0.15, -0.1) is 0 Å². The van der Waals surface area contributed by atoms with Crippen LogP contribution >= 0.6 is 0 Å². The molecule has 2 N–H and O–H groups in total. The van der Waals surface area contributed by atoms with Crippen LogP contribution in [-0.4, -0.2) is 67.1 Å². The van der Waals surface area contributed by atoms with Gasteiger partial charge in [0, 0.05) is 26.7 Å². The smallest absolute Gasteiger partial charge is 0.332 e. The number of urea groups is 1. The van der Waals surface area contributed by atoms with Crippen molar-refractivity contribution in [1.82, 2.24) is 10.2 Å². The molecule has 0 aromatic rings. The van der Waals surface area contributed by atoms with Crippen LogP contribution in [0.25, 0.3) is 0 Å². The van der Waals surface area contributed by atoms with Crippen LogP contribution in [0.2, 0.25) is 0 Å². The third-order valence-corrected chi connectivity index (χ3v) is 3.55. The number of hydrogen-bond donors (Lipinski definition) is 2. The zero-order valence-corrected chi connectivity index (χ0v) is 10.3. The molecule has 0 radical (unpaired) electrons. The number of aliphatic carboxylic acids is 1. The molecule has 7 nitrogen and oxygen atoms in total. The van der Waals surface area contributed by atoms with Gasteiger partial charge in [-0.1, -0.05) is 0 Å². The molecular weight excluding hydrogens is 240 g/mol. The first-order chi connectivity index (χ1) is 8.55. The van der Waals surface area contributed by atoms with Crippen LogP contribution in [0.1, 0.15) is 12.8 Å². The lowest BCUT2D eigenvalue weighted by molar-refractivity contribution is -0.144. The molecule has 2 unspecified atom stereocenters. The number of hydrogen-bond acceptors (Lipinski definition) is 4. The van der Waals surface area contributed by atoms with Gasteiger partial charge in [0.25, 0.3) is 0 Å². The van der Waals surface area contributed by atoms with Crippen LogP contribution in [0.3, 0.4) is 0 Å². The van der Waals surface area contributed by atoms with Crippen molar-refractivity contribution < 1.29 is 24.2 Å². The summed E-state index contributed by atoms with van der Waals surface area (Å²) in [6.07, 6.45) is 1.07. The molecule has 0 saturated carbocycles. The summed E-state index contributed by atoms with van der Waals surface area (Å²) in [5.74, 6) is -1.05. The molecule has 0 aromatic carbocycles. The number of nitrogens with zero attached hydrogens (tertiary/aromatic N) is 1. The highest BCUT2D eigenvalue weighted by atomic mass is 16.5. The summed E-state index contributed by atoms with van der Waals surface area (Å²) in [6.45, 7) is 1.50. The van der Waals surface area contributed by atoms with Crippen molar-refractivity contribution in [3.63, 3.8) is 0 Å². The Morgan fingerprint density at radius 2 is 2.17 bits per heavy atom. The third kappa shape index (κ3) is 2.41. The van der Waals surface area contributed by atoms with Crippen LogP contribution in [0.15, 0.2) is 0 Å². The van der Waals surface area contributed by atoms with E-state index in [2.05, 4.69) is 5.32 Å². The van der Waals surface area contributed by atoms with Crippen molar-refractivity contribution in [1.29, 1.82) is 0 Å². The van der Waals surface area contributed by atoms with Crippen molar-refractivity contribution in [2.75, 3.05) is 33.5 Å². The lowest BCUT2D eigenvalue weighted by Gasteiger charge is -2.29. The third-order valence-electron chi connectivity index (χ3n) is 3.55. The van der Waals surface area contributed by atoms with E-state index in [1.165, 1.54) is 4.90 Å². The van der Waals surface area contributed by atoms with Crippen LogP contribution in [0.4, 0.5) is 4.79 Å². The highest BCUT2D eigenvalue weighted by Crippen LogP contribution is 2.20. The second-order valence-corrected chi connectivity index (χ2v) is 4.75. The van der Waals surface area contributed by atoms with E-state index in [1.54, 1.807) is 7.05 Å². The van der Waals surface area contributed by atoms with E-state index in [4.69, 9.17) is 9.47 Å². The molecule has 2 amide bonds. The van der Waals surface area contributed by atoms with Gasteiger partial charge in [0.15, 0.2) is 5.54 Å². The summed E-state index contributed by atoms with van der Waals surface area (Å²) in [5, 5.41) is 11.8. The summed E-state index contributed by atoms with van der Waals surface area (Å²) < 4.78 is 10.3. The predicted molar refractivity (Wildman–Crippen MR) is 61.3 cm³/mol. The Morgan fingerprint density at radius 1 is 1.39 bits per heavy atom. The number of carboxylic acid groups (broad SMARTS) is 1. The number of ether oxygens (including phenoxy) is 2. The first-order valence-electron chi connectivity index (χ1n) is 5.99. The molecule has 0 aliphatic carbocycles. The van der Waals surface area contributed by atoms with Gasteiger partial charge in [-0.3, -0.25) is 0 Å². The number of likely N-dealkylation sites (N-methyl/N-ethyl adjacent to an activating group) is 1. The Kier molecular flexibility index (Phi) is 3.72. The van der Waals surface area contributed by atoms with E-state index in [1.807, 2.05) is 0 Å². The molecule has 0 aromatic heterocycles. The average Bonchev–Trinajstić information content (AvgIpc) is 2.99. The Morgan fingerprint density at radius 3 is 2.67 bits per heavy atom. The number of rotatable bonds is 3. The van der Waals surface area contributed by atoms with Gasteiger partial charge in [-0.05, 0) is 6.42 Å². The maximum atomic E-state index is 12.0. The molecule has 2 aliphatic rings. The molecule has 2 atom stereocenters. The minimum absolute atomic E-state index is 0.0122. The second-order valence-electron chi connectivity index (χ2n) is 4.75. The molecule has 0 spiro atoms. The monoisotopic (exact) mass is 258 g/mol. The van der Waals surface area contributed by atoms with Gasteiger partial charge in [0.2, 0.25) is 0 Å². The van der Waals surface area contributed by atoms with Crippen molar-refractivity contribution in [3.8, 4) is 0 Å². The molecule has 2 aliphatic heterocycles. The van der Waals surface area contributed by atoms with Gasteiger partial charge in [0.1, 0.15) is 0 Å². The zero-order valence-electron chi connectivity index (χ0n) is 10.3. The van der Waals surface area contributed by atoms with Crippen LogP contribution in [0.5, 0.6) is 0 Å². The van der Waals surface area contributed by atoms with Crippen molar-refractivity contribution in [3.05, 3.63) is 0 Å². The van der Waals surface area contributed by atoms with Crippen molar-refractivity contribution in [2.45, 2.75) is 24.4 Å². The highest BCUT2D eigenvalue weighted by Gasteiger charge is 2.45. The van der Waals surface area contributed by atoms with Gasteiger partial charge < -0.3 is 24.8 Å². The average molecular weight is 258 g/mol. The van der Waals surface area contributed by atoms with Crippen LogP contribution < -0.4 is 5.32 Å². The van der Waals surface area contributed by atoms with Crippen LogP contribution in [0, 0.1) is 0 Å². The van der Waals surface area contributed by atoms with E-state index in [9.17, 15) is 14.7 Å². The first-order valence-corrected chi connectivity index (χ1v) is 5.99. The molecule has 102 valence electrons. The Bertz CT molecular complexity index is 334. The molecule has 0 bridgehead atoms. The standard InChI is InChI=1S/C11H18N2O5/c1-13(8-2-4-17-6-8)10(16)12-11(9(14)15)3-5-18-7-11/h8H,2-7H2,1H3,(H,12,16)(H,14,15). The molecule has 18 heavy (non-hydrogen) atoms. The van der Waals surface area contributed by atoms with Gasteiger partial charge >= 0.3 is 12.0 Å². The minimum Gasteiger partial charge on any atom is -0.479 e. The predicted octanol–water partition coefficient (Wildman–Crippen LogP) is -0.340. The van der Waals surface area contributed by atoms with Gasteiger partial charge in [0.05, 0.1) is 19.3 Å². The molecule has 2 rings (SSSR count). The van der Waals surface area contributed by atoms with E-state index in [0.29, 0.717) is 26.2 Å². The zero-order chi connectivity index (χ0) is 13.2. The largest absolute Gasteiger partial charge is 0.479 e. The Labute approximate surface area is 105 Å². The second kappa shape index (κ2) is 5.11. The quantitative estimate of drug-likeness (QED) is 0.723. The normalized spacial score (nSPS) is 31.3. The van der Waals surface area contributed by atoms with Crippen LogP contribution in [-0.2, 0) is 14.3 Å². The summed E-state index contributed by atoms with van der Waals surface area (Å²) >= 11 is 0. The molecule has 2 fully saturated rings. The lowest BCUT2D eigenvalue weighted by Crippen LogP contribution is -2.59. The fourth-order valence-corrected chi connectivity index (χ4v) is 2.17. The lowest BCUT2D eigenvalue weighted by atomic mass is 9.99.